The minimum Gasteiger partial charge on any atom is -0.368 e. The molecular weight excluding hydrogens is 382 g/mol. The number of anilines is 1. The van der Waals surface area contributed by atoms with Gasteiger partial charge in [0.05, 0.1) is 25.0 Å². The molecule has 3 aromatic rings. The number of piperazine rings is 1. The number of rotatable bonds is 4. The maximum Gasteiger partial charge on any atom is 0.115 e. The van der Waals surface area contributed by atoms with Crippen LogP contribution in [-0.2, 0) is 19.3 Å². The van der Waals surface area contributed by atoms with Gasteiger partial charge in [0, 0.05) is 36.2 Å². The van der Waals surface area contributed by atoms with Crippen LogP contribution in [0.15, 0.2) is 49.1 Å². The number of para-hydroxylation sites is 1. The van der Waals surface area contributed by atoms with E-state index < -0.39 is 0 Å². The highest BCUT2D eigenvalue weighted by Gasteiger charge is 2.29. The fraction of sp³-hybridized carbons (Fsp3) is 0.462. The van der Waals surface area contributed by atoms with Crippen molar-refractivity contribution in [1.82, 2.24) is 14.6 Å². The molecule has 1 aliphatic heterocycles. The monoisotopic (exact) mass is 415 g/mol. The second-order valence-electron chi connectivity index (χ2n) is 9.69. The number of hydrogen-bond donors (Lipinski definition) is 0. The summed E-state index contributed by atoms with van der Waals surface area (Å²) in [7, 11) is 0. The van der Waals surface area contributed by atoms with Crippen molar-refractivity contribution in [3.8, 4) is 11.3 Å². The molecule has 3 heterocycles. The van der Waals surface area contributed by atoms with E-state index in [1.54, 1.807) is 0 Å². The molecule has 0 saturated carbocycles. The van der Waals surface area contributed by atoms with Gasteiger partial charge in [-0.1, -0.05) is 39.0 Å². The zero-order chi connectivity index (χ0) is 21.4. The molecule has 31 heavy (non-hydrogen) atoms. The summed E-state index contributed by atoms with van der Waals surface area (Å²) in [5.74, 6) is 0. The quantitative estimate of drug-likeness (QED) is 0.630. The average molecular weight is 416 g/mol. The van der Waals surface area contributed by atoms with Crippen LogP contribution in [0.3, 0.4) is 0 Å². The molecule has 0 radical (unpaired) electrons. The van der Waals surface area contributed by atoms with Crippen LogP contribution in [0.2, 0.25) is 0 Å². The summed E-state index contributed by atoms with van der Waals surface area (Å²) < 4.78 is 2.19. The van der Waals surface area contributed by atoms with E-state index in [0.29, 0.717) is 5.41 Å². The number of fused-ring (bicyclic) bond motifs is 1. The van der Waals surface area contributed by atoms with Gasteiger partial charge in [-0.3, -0.25) is 9.66 Å². The van der Waals surface area contributed by atoms with Gasteiger partial charge in [0.15, 0.2) is 0 Å². The number of benzene rings is 1. The van der Waals surface area contributed by atoms with Crippen molar-refractivity contribution in [2.24, 2.45) is 5.41 Å². The molecule has 1 saturated heterocycles. The number of nitrogens with zero attached hydrogens (tertiary/aromatic N) is 5. The largest absolute Gasteiger partial charge is 0.368 e. The van der Waals surface area contributed by atoms with Crippen LogP contribution < -0.4 is 9.91 Å². The van der Waals surface area contributed by atoms with E-state index >= 15 is 0 Å². The normalized spacial score (nSPS) is 18.2. The molecular formula is C26H33N5. The highest BCUT2D eigenvalue weighted by atomic mass is 15.6. The molecule has 1 aromatic carbocycles. The van der Waals surface area contributed by atoms with Crippen molar-refractivity contribution in [2.45, 2.75) is 46.5 Å². The highest BCUT2D eigenvalue weighted by Crippen LogP contribution is 2.39. The molecule has 5 rings (SSSR count). The summed E-state index contributed by atoms with van der Waals surface area (Å²) >= 11 is 0. The third-order valence-corrected chi connectivity index (χ3v) is 6.98. The van der Waals surface area contributed by atoms with Crippen LogP contribution in [0.4, 0.5) is 5.69 Å². The van der Waals surface area contributed by atoms with E-state index in [4.69, 9.17) is 9.97 Å². The van der Waals surface area contributed by atoms with Gasteiger partial charge in [-0.05, 0) is 54.4 Å². The van der Waals surface area contributed by atoms with Crippen LogP contribution >= 0.6 is 0 Å². The van der Waals surface area contributed by atoms with Crippen molar-refractivity contribution in [3.63, 3.8) is 0 Å². The fourth-order valence-electron chi connectivity index (χ4n) is 5.12. The van der Waals surface area contributed by atoms with Gasteiger partial charge in [0.25, 0.3) is 0 Å². The van der Waals surface area contributed by atoms with Crippen molar-refractivity contribution >= 4 is 5.69 Å². The lowest BCUT2D eigenvalue weighted by molar-refractivity contribution is 0.314. The predicted molar refractivity (Wildman–Crippen MR) is 127 cm³/mol. The average Bonchev–Trinajstić information content (AvgIpc) is 3.28. The van der Waals surface area contributed by atoms with Crippen LogP contribution in [0.5, 0.6) is 0 Å². The Balaban J connectivity index is 1.36. The van der Waals surface area contributed by atoms with Crippen LogP contribution in [0.25, 0.3) is 11.3 Å². The Morgan fingerprint density at radius 2 is 1.74 bits per heavy atom. The van der Waals surface area contributed by atoms with E-state index in [1.807, 2.05) is 6.33 Å². The maximum atomic E-state index is 4.85. The first-order valence-corrected chi connectivity index (χ1v) is 11.6. The van der Waals surface area contributed by atoms with Gasteiger partial charge in [0.2, 0.25) is 0 Å². The Morgan fingerprint density at radius 3 is 2.48 bits per heavy atom. The summed E-state index contributed by atoms with van der Waals surface area (Å²) in [6.07, 6.45) is 10.7. The topological polar surface area (TPSA) is 37.2 Å². The smallest absolute Gasteiger partial charge is 0.115 e. The van der Waals surface area contributed by atoms with Gasteiger partial charge in [-0.15, -0.1) is 0 Å². The lowest BCUT2D eigenvalue weighted by Crippen LogP contribution is -2.50. The van der Waals surface area contributed by atoms with Crippen LogP contribution in [0.1, 0.15) is 44.0 Å². The van der Waals surface area contributed by atoms with Crippen molar-refractivity contribution in [1.29, 1.82) is 0 Å². The SMILES string of the molecule is CCc1ncc(-c2cn(N3CCN(c4ccccc4)CC3)cn2)c2c1CC(C)(C)CC2. The summed E-state index contributed by atoms with van der Waals surface area (Å²) in [6, 6.07) is 10.7. The Kier molecular flexibility index (Phi) is 5.20. The molecule has 0 bridgehead atoms. The Bertz CT molecular complexity index is 1040. The standard InChI is InChI=1S/C26H33N5/c1-4-24-22-16-26(2,3)11-10-21(22)23(17-27-24)25-18-31(19-28-25)30-14-12-29(13-15-30)20-8-6-5-7-9-20/h5-9,17-19H,4,10-16H2,1-3H3. The molecule has 5 nitrogen and oxygen atoms in total. The van der Waals surface area contributed by atoms with E-state index in [1.165, 1.54) is 34.5 Å². The number of imidazole rings is 1. The zero-order valence-electron chi connectivity index (χ0n) is 19.0. The number of aromatic nitrogens is 3. The van der Waals surface area contributed by atoms with E-state index in [9.17, 15) is 0 Å². The Morgan fingerprint density at radius 1 is 0.968 bits per heavy atom. The second kappa shape index (κ2) is 8.03. The number of pyridine rings is 1. The van der Waals surface area contributed by atoms with Gasteiger partial charge >= 0.3 is 0 Å². The number of aryl methyl sites for hydroxylation is 1. The van der Waals surface area contributed by atoms with E-state index in [-0.39, 0.29) is 0 Å². The zero-order valence-corrected chi connectivity index (χ0v) is 19.0. The van der Waals surface area contributed by atoms with Crippen LogP contribution in [-0.4, -0.2) is 40.8 Å². The molecule has 2 aromatic heterocycles. The van der Waals surface area contributed by atoms with E-state index in [2.05, 4.69) is 78.1 Å². The van der Waals surface area contributed by atoms with Gasteiger partial charge in [-0.2, -0.15) is 0 Å². The third kappa shape index (κ3) is 3.93. The molecule has 0 N–H and O–H groups in total. The molecule has 162 valence electrons. The Labute approximate surface area is 185 Å². The number of hydrogen-bond acceptors (Lipinski definition) is 4. The fourth-order valence-corrected chi connectivity index (χ4v) is 5.12. The van der Waals surface area contributed by atoms with Crippen molar-refractivity contribution < 1.29 is 0 Å². The minimum atomic E-state index is 0.356. The van der Waals surface area contributed by atoms with Gasteiger partial charge in [0.1, 0.15) is 6.33 Å². The first-order chi connectivity index (χ1) is 15.0. The lowest BCUT2D eigenvalue weighted by Gasteiger charge is -2.37. The molecule has 1 fully saturated rings. The van der Waals surface area contributed by atoms with Crippen LogP contribution in [0, 0.1) is 5.41 Å². The Hall–Kier alpha value is -2.82. The summed E-state index contributed by atoms with van der Waals surface area (Å²) in [5, 5.41) is 2.39. The molecule has 0 unspecified atom stereocenters. The minimum absolute atomic E-state index is 0.356. The first kappa shape index (κ1) is 20.1. The molecule has 5 heteroatoms. The van der Waals surface area contributed by atoms with Gasteiger partial charge in [-0.25, -0.2) is 4.98 Å². The third-order valence-electron chi connectivity index (χ3n) is 6.98. The maximum absolute atomic E-state index is 4.85. The highest BCUT2D eigenvalue weighted by molar-refractivity contribution is 5.65. The summed E-state index contributed by atoms with van der Waals surface area (Å²) in [6.45, 7) is 11.0. The van der Waals surface area contributed by atoms with Crippen molar-refractivity contribution in [2.75, 3.05) is 36.1 Å². The molecule has 0 atom stereocenters. The summed E-state index contributed by atoms with van der Waals surface area (Å²) in [4.78, 5) is 12.1. The molecule has 2 aliphatic rings. The van der Waals surface area contributed by atoms with Gasteiger partial charge < -0.3 is 9.91 Å². The lowest BCUT2D eigenvalue weighted by atomic mass is 9.72. The molecule has 0 amide bonds. The summed E-state index contributed by atoms with van der Waals surface area (Å²) in [5.41, 5.74) is 8.16. The second-order valence-corrected chi connectivity index (χ2v) is 9.69. The predicted octanol–water partition coefficient (Wildman–Crippen LogP) is 4.48. The van der Waals surface area contributed by atoms with E-state index in [0.717, 1.165) is 51.1 Å². The first-order valence-electron chi connectivity index (χ1n) is 11.6. The molecule has 1 aliphatic carbocycles. The van der Waals surface area contributed by atoms with Crippen molar-refractivity contribution in [3.05, 3.63) is 65.9 Å². The molecule has 0 spiro atoms.